The average Bonchev–Trinajstić information content (AvgIpc) is 3.42. The van der Waals surface area contributed by atoms with Gasteiger partial charge in [0.15, 0.2) is 0 Å². The van der Waals surface area contributed by atoms with Gasteiger partial charge < -0.3 is 14.5 Å². The van der Waals surface area contributed by atoms with Crippen LogP contribution in [-0.2, 0) is 6.54 Å². The SMILES string of the molecule is CCn1nccc1C(=O)N1CC[C@H](Oc2cc(N3CCCC3)ncn2)C1. The van der Waals surface area contributed by atoms with Crippen LogP contribution in [0.2, 0.25) is 0 Å². The molecule has 0 unspecified atom stereocenters. The number of rotatable bonds is 5. The molecule has 0 aliphatic carbocycles. The number of nitrogens with zero attached hydrogens (tertiary/aromatic N) is 6. The number of ether oxygens (including phenoxy) is 1. The Hall–Kier alpha value is -2.64. The lowest BCUT2D eigenvalue weighted by Gasteiger charge is -2.19. The van der Waals surface area contributed by atoms with E-state index in [0.29, 0.717) is 31.2 Å². The fraction of sp³-hybridized carbons (Fsp3) is 0.556. The fourth-order valence-electron chi connectivity index (χ4n) is 3.62. The molecular weight excluding hydrogens is 332 g/mol. The summed E-state index contributed by atoms with van der Waals surface area (Å²) in [5, 5.41) is 4.18. The Bertz CT molecular complexity index is 771. The van der Waals surface area contributed by atoms with Gasteiger partial charge in [-0.25, -0.2) is 9.97 Å². The van der Waals surface area contributed by atoms with Crippen molar-refractivity contribution in [3.05, 3.63) is 30.4 Å². The first kappa shape index (κ1) is 16.8. The predicted molar refractivity (Wildman–Crippen MR) is 96.3 cm³/mol. The second-order valence-electron chi connectivity index (χ2n) is 6.72. The minimum absolute atomic E-state index is 0.0101. The number of hydrogen-bond donors (Lipinski definition) is 0. The number of hydrogen-bond acceptors (Lipinski definition) is 6. The van der Waals surface area contributed by atoms with Crippen LogP contribution >= 0.6 is 0 Å². The van der Waals surface area contributed by atoms with Gasteiger partial charge in [-0.3, -0.25) is 9.48 Å². The summed E-state index contributed by atoms with van der Waals surface area (Å²) in [4.78, 5) is 25.4. The predicted octanol–water partition coefficient (Wildman–Crippen LogP) is 1.59. The largest absolute Gasteiger partial charge is 0.472 e. The van der Waals surface area contributed by atoms with Gasteiger partial charge in [0.1, 0.15) is 23.9 Å². The lowest BCUT2D eigenvalue weighted by Crippen LogP contribution is -2.32. The van der Waals surface area contributed by atoms with Gasteiger partial charge in [0.25, 0.3) is 5.91 Å². The molecule has 0 radical (unpaired) electrons. The molecule has 1 amide bonds. The topological polar surface area (TPSA) is 76.4 Å². The quantitative estimate of drug-likeness (QED) is 0.810. The summed E-state index contributed by atoms with van der Waals surface area (Å²) in [7, 11) is 0. The molecule has 4 rings (SSSR count). The third-order valence-corrected chi connectivity index (χ3v) is 5.01. The van der Waals surface area contributed by atoms with E-state index in [4.69, 9.17) is 4.74 Å². The smallest absolute Gasteiger partial charge is 0.272 e. The maximum atomic E-state index is 12.7. The number of aromatic nitrogens is 4. The van der Waals surface area contributed by atoms with Crippen molar-refractivity contribution in [3.8, 4) is 5.88 Å². The van der Waals surface area contributed by atoms with Crippen molar-refractivity contribution in [2.75, 3.05) is 31.1 Å². The van der Waals surface area contributed by atoms with E-state index in [0.717, 1.165) is 25.3 Å². The summed E-state index contributed by atoms with van der Waals surface area (Å²) in [6.45, 7) is 5.98. The molecule has 4 heterocycles. The van der Waals surface area contributed by atoms with Gasteiger partial charge in [-0.2, -0.15) is 5.10 Å². The van der Waals surface area contributed by atoms with Crippen molar-refractivity contribution in [3.63, 3.8) is 0 Å². The van der Waals surface area contributed by atoms with Crippen LogP contribution < -0.4 is 9.64 Å². The molecule has 8 heteroatoms. The van der Waals surface area contributed by atoms with Gasteiger partial charge in [0.05, 0.1) is 6.54 Å². The van der Waals surface area contributed by atoms with Crippen LogP contribution in [-0.4, -0.2) is 62.8 Å². The van der Waals surface area contributed by atoms with Gasteiger partial charge in [-0.05, 0) is 25.8 Å². The van der Waals surface area contributed by atoms with Crippen molar-refractivity contribution in [2.24, 2.45) is 0 Å². The first-order chi connectivity index (χ1) is 12.7. The normalized spacial score (nSPS) is 20.0. The maximum Gasteiger partial charge on any atom is 0.272 e. The summed E-state index contributed by atoms with van der Waals surface area (Å²) in [6, 6.07) is 3.68. The summed E-state index contributed by atoms with van der Waals surface area (Å²) in [5.74, 6) is 1.51. The number of carbonyl (C=O) groups excluding carboxylic acids is 1. The van der Waals surface area contributed by atoms with Crippen LogP contribution in [0, 0.1) is 0 Å². The summed E-state index contributed by atoms with van der Waals surface area (Å²) in [5.41, 5.74) is 0.631. The molecule has 0 saturated carbocycles. The maximum absolute atomic E-state index is 12.7. The minimum Gasteiger partial charge on any atom is -0.472 e. The van der Waals surface area contributed by atoms with E-state index in [-0.39, 0.29) is 12.0 Å². The lowest BCUT2D eigenvalue weighted by atomic mass is 10.3. The Balaban J connectivity index is 1.38. The Morgan fingerprint density at radius 1 is 1.27 bits per heavy atom. The molecule has 0 aromatic carbocycles. The van der Waals surface area contributed by atoms with E-state index in [2.05, 4.69) is 20.0 Å². The Labute approximate surface area is 152 Å². The summed E-state index contributed by atoms with van der Waals surface area (Å²) >= 11 is 0. The van der Waals surface area contributed by atoms with Crippen molar-refractivity contribution < 1.29 is 9.53 Å². The highest BCUT2D eigenvalue weighted by Crippen LogP contribution is 2.23. The fourth-order valence-corrected chi connectivity index (χ4v) is 3.62. The standard InChI is InChI=1S/C18H24N6O2/c1-2-24-15(5-7-21-24)18(25)23-10-6-14(12-23)26-17-11-16(19-13-20-17)22-8-3-4-9-22/h5,7,11,13-14H,2-4,6,8-10,12H2,1H3/t14-/m0/s1. The second kappa shape index (κ2) is 7.31. The van der Waals surface area contributed by atoms with Gasteiger partial charge in [0.2, 0.25) is 5.88 Å². The van der Waals surface area contributed by atoms with Crippen LogP contribution in [0.15, 0.2) is 24.7 Å². The molecule has 2 aliphatic rings. The van der Waals surface area contributed by atoms with E-state index >= 15 is 0 Å². The van der Waals surface area contributed by atoms with Crippen molar-refractivity contribution in [1.82, 2.24) is 24.6 Å². The molecule has 26 heavy (non-hydrogen) atoms. The molecule has 2 aromatic heterocycles. The molecule has 2 aliphatic heterocycles. The Morgan fingerprint density at radius 2 is 2.12 bits per heavy atom. The third kappa shape index (κ3) is 3.36. The van der Waals surface area contributed by atoms with Crippen LogP contribution in [0.4, 0.5) is 5.82 Å². The van der Waals surface area contributed by atoms with Crippen LogP contribution in [0.25, 0.3) is 0 Å². The zero-order valence-corrected chi connectivity index (χ0v) is 15.0. The second-order valence-corrected chi connectivity index (χ2v) is 6.72. The minimum atomic E-state index is -0.0433. The highest BCUT2D eigenvalue weighted by molar-refractivity contribution is 5.92. The highest BCUT2D eigenvalue weighted by Gasteiger charge is 2.30. The molecule has 1 atom stereocenters. The summed E-state index contributed by atoms with van der Waals surface area (Å²) < 4.78 is 7.76. The lowest BCUT2D eigenvalue weighted by molar-refractivity contribution is 0.0759. The molecule has 0 bridgehead atoms. The number of amides is 1. The van der Waals surface area contributed by atoms with Crippen molar-refractivity contribution >= 4 is 11.7 Å². The summed E-state index contributed by atoms with van der Waals surface area (Å²) in [6.07, 6.45) is 6.39. The third-order valence-electron chi connectivity index (χ3n) is 5.01. The van der Waals surface area contributed by atoms with Crippen LogP contribution in [0.1, 0.15) is 36.7 Å². The average molecular weight is 356 g/mol. The molecule has 8 nitrogen and oxygen atoms in total. The number of carbonyl (C=O) groups is 1. The zero-order chi connectivity index (χ0) is 17.9. The van der Waals surface area contributed by atoms with Crippen LogP contribution in [0.3, 0.4) is 0 Å². The number of anilines is 1. The van der Waals surface area contributed by atoms with Gasteiger partial charge >= 0.3 is 0 Å². The molecular formula is C18H24N6O2. The first-order valence-corrected chi connectivity index (χ1v) is 9.29. The highest BCUT2D eigenvalue weighted by atomic mass is 16.5. The Kier molecular flexibility index (Phi) is 4.73. The van der Waals surface area contributed by atoms with E-state index in [9.17, 15) is 4.79 Å². The molecule has 2 aromatic rings. The van der Waals surface area contributed by atoms with E-state index in [1.165, 1.54) is 12.8 Å². The van der Waals surface area contributed by atoms with E-state index < -0.39 is 0 Å². The van der Waals surface area contributed by atoms with Gasteiger partial charge in [-0.1, -0.05) is 0 Å². The zero-order valence-electron chi connectivity index (χ0n) is 15.0. The number of likely N-dealkylation sites (tertiary alicyclic amines) is 1. The van der Waals surface area contributed by atoms with Gasteiger partial charge in [0, 0.05) is 44.9 Å². The monoisotopic (exact) mass is 356 g/mol. The molecule has 2 fully saturated rings. The number of aryl methyl sites for hydroxylation is 1. The van der Waals surface area contributed by atoms with Gasteiger partial charge in [-0.15, -0.1) is 0 Å². The molecule has 0 spiro atoms. The first-order valence-electron chi connectivity index (χ1n) is 9.29. The van der Waals surface area contributed by atoms with Crippen LogP contribution in [0.5, 0.6) is 5.88 Å². The molecule has 2 saturated heterocycles. The van der Waals surface area contributed by atoms with Crippen molar-refractivity contribution in [1.29, 1.82) is 0 Å². The Morgan fingerprint density at radius 3 is 2.92 bits per heavy atom. The van der Waals surface area contributed by atoms with E-state index in [1.54, 1.807) is 23.3 Å². The van der Waals surface area contributed by atoms with E-state index in [1.807, 2.05) is 17.9 Å². The van der Waals surface area contributed by atoms with Crippen molar-refractivity contribution in [2.45, 2.75) is 38.8 Å². The molecule has 138 valence electrons. The molecule has 0 N–H and O–H groups in total.